The summed E-state index contributed by atoms with van der Waals surface area (Å²) < 4.78 is 10.7. The van der Waals surface area contributed by atoms with Gasteiger partial charge in [-0.25, -0.2) is 4.79 Å². The first-order valence-corrected chi connectivity index (χ1v) is 6.75. The van der Waals surface area contributed by atoms with Crippen molar-refractivity contribution in [2.75, 3.05) is 12.8 Å². The van der Waals surface area contributed by atoms with E-state index in [-0.39, 0.29) is 12.1 Å². The molecule has 4 nitrogen and oxygen atoms in total. The highest BCUT2D eigenvalue weighted by molar-refractivity contribution is 5.96. The van der Waals surface area contributed by atoms with Gasteiger partial charge in [-0.05, 0) is 37.3 Å². The van der Waals surface area contributed by atoms with Crippen LogP contribution >= 0.6 is 0 Å². The van der Waals surface area contributed by atoms with Crippen LogP contribution in [0.1, 0.15) is 43.0 Å². The zero-order valence-electron chi connectivity index (χ0n) is 11.5. The minimum Gasteiger partial charge on any atom is -0.495 e. The second kappa shape index (κ2) is 5.95. The molecule has 104 valence electrons. The van der Waals surface area contributed by atoms with E-state index >= 15 is 0 Å². The molecule has 1 fully saturated rings. The number of methoxy groups -OCH3 is 1. The van der Waals surface area contributed by atoms with Gasteiger partial charge in [0, 0.05) is 0 Å². The van der Waals surface area contributed by atoms with Crippen LogP contribution in [0.15, 0.2) is 18.2 Å². The Hall–Kier alpha value is -1.71. The summed E-state index contributed by atoms with van der Waals surface area (Å²) in [7, 11) is 1.53. The summed E-state index contributed by atoms with van der Waals surface area (Å²) in [4.78, 5) is 12.2. The van der Waals surface area contributed by atoms with Crippen LogP contribution in [-0.4, -0.2) is 19.2 Å². The number of esters is 1. The number of rotatable bonds is 3. The van der Waals surface area contributed by atoms with E-state index in [2.05, 4.69) is 6.92 Å². The summed E-state index contributed by atoms with van der Waals surface area (Å²) in [6.45, 7) is 2.19. The Morgan fingerprint density at radius 2 is 2.16 bits per heavy atom. The van der Waals surface area contributed by atoms with Crippen LogP contribution in [0.4, 0.5) is 5.69 Å². The predicted octanol–water partition coefficient (Wildman–Crippen LogP) is 3.01. The first-order chi connectivity index (χ1) is 9.11. The SMILES string of the molecule is COc1cccc(C(=O)OC2CCCC(C)C2)c1N. The quantitative estimate of drug-likeness (QED) is 0.672. The molecule has 0 bridgehead atoms. The minimum atomic E-state index is -0.351. The van der Waals surface area contributed by atoms with Gasteiger partial charge in [-0.1, -0.05) is 19.4 Å². The maximum atomic E-state index is 12.2. The monoisotopic (exact) mass is 263 g/mol. The van der Waals surface area contributed by atoms with Crippen LogP contribution in [0, 0.1) is 5.92 Å². The standard InChI is InChI=1S/C15H21NO3/c1-10-5-3-6-11(9-10)19-15(17)12-7-4-8-13(18-2)14(12)16/h4,7-8,10-11H,3,5-6,9,16H2,1-2H3. The van der Waals surface area contributed by atoms with Gasteiger partial charge in [0.15, 0.2) is 0 Å². The number of hydrogen-bond acceptors (Lipinski definition) is 4. The Morgan fingerprint density at radius 1 is 1.37 bits per heavy atom. The van der Waals surface area contributed by atoms with Crippen molar-refractivity contribution in [3.63, 3.8) is 0 Å². The fraction of sp³-hybridized carbons (Fsp3) is 0.533. The van der Waals surface area contributed by atoms with Crippen molar-refractivity contribution < 1.29 is 14.3 Å². The number of nitrogen functional groups attached to an aromatic ring is 1. The lowest BCUT2D eigenvalue weighted by atomic mass is 9.89. The van der Waals surface area contributed by atoms with E-state index in [1.54, 1.807) is 18.2 Å². The summed E-state index contributed by atoms with van der Waals surface area (Å²) in [5.41, 5.74) is 6.63. The van der Waals surface area contributed by atoms with Gasteiger partial charge in [0.1, 0.15) is 11.9 Å². The topological polar surface area (TPSA) is 61.5 Å². The molecule has 1 aliphatic carbocycles. The van der Waals surface area contributed by atoms with Gasteiger partial charge < -0.3 is 15.2 Å². The van der Waals surface area contributed by atoms with Gasteiger partial charge in [-0.15, -0.1) is 0 Å². The lowest BCUT2D eigenvalue weighted by molar-refractivity contribution is 0.0156. The lowest BCUT2D eigenvalue weighted by Gasteiger charge is -2.26. The molecule has 1 aliphatic rings. The molecule has 19 heavy (non-hydrogen) atoms. The number of benzene rings is 1. The summed E-state index contributed by atoms with van der Waals surface area (Å²) in [6, 6.07) is 5.15. The Bertz CT molecular complexity index is 459. The second-order valence-corrected chi connectivity index (χ2v) is 5.22. The molecule has 2 atom stereocenters. The number of ether oxygens (including phenoxy) is 2. The van der Waals surface area contributed by atoms with Crippen molar-refractivity contribution in [3.8, 4) is 5.75 Å². The second-order valence-electron chi connectivity index (χ2n) is 5.22. The van der Waals surface area contributed by atoms with E-state index in [0.29, 0.717) is 22.9 Å². The molecule has 2 unspecified atom stereocenters. The lowest BCUT2D eigenvalue weighted by Crippen LogP contribution is -2.25. The average Bonchev–Trinajstić information content (AvgIpc) is 2.39. The Morgan fingerprint density at radius 3 is 2.84 bits per heavy atom. The molecule has 0 aromatic heterocycles. The number of carbonyl (C=O) groups is 1. The molecule has 1 saturated carbocycles. The highest BCUT2D eigenvalue weighted by Crippen LogP contribution is 2.29. The van der Waals surface area contributed by atoms with Crippen molar-refractivity contribution in [1.29, 1.82) is 0 Å². The van der Waals surface area contributed by atoms with E-state index in [9.17, 15) is 4.79 Å². The van der Waals surface area contributed by atoms with Crippen LogP contribution in [-0.2, 0) is 4.74 Å². The zero-order valence-corrected chi connectivity index (χ0v) is 11.5. The Balaban J connectivity index is 2.07. The molecule has 0 heterocycles. The van der Waals surface area contributed by atoms with Gasteiger partial charge in [0.2, 0.25) is 0 Å². The molecule has 0 radical (unpaired) electrons. The minimum absolute atomic E-state index is 0.0156. The van der Waals surface area contributed by atoms with Crippen LogP contribution in [0.5, 0.6) is 5.75 Å². The van der Waals surface area contributed by atoms with Crippen LogP contribution < -0.4 is 10.5 Å². The van der Waals surface area contributed by atoms with Crippen molar-refractivity contribution in [2.24, 2.45) is 5.92 Å². The number of para-hydroxylation sites is 1. The fourth-order valence-corrected chi connectivity index (χ4v) is 2.60. The molecule has 0 saturated heterocycles. The van der Waals surface area contributed by atoms with Gasteiger partial charge >= 0.3 is 5.97 Å². The molecule has 0 aliphatic heterocycles. The van der Waals surface area contributed by atoms with E-state index in [1.165, 1.54) is 13.5 Å². The first kappa shape index (κ1) is 13.7. The summed E-state index contributed by atoms with van der Waals surface area (Å²) in [6.07, 6.45) is 4.24. The largest absolute Gasteiger partial charge is 0.495 e. The Labute approximate surface area is 113 Å². The average molecular weight is 263 g/mol. The molecule has 4 heteroatoms. The molecule has 0 spiro atoms. The van der Waals surface area contributed by atoms with Crippen molar-refractivity contribution in [1.82, 2.24) is 0 Å². The maximum Gasteiger partial charge on any atom is 0.340 e. The summed E-state index contributed by atoms with van der Waals surface area (Å²) >= 11 is 0. The van der Waals surface area contributed by atoms with E-state index in [4.69, 9.17) is 15.2 Å². The van der Waals surface area contributed by atoms with Crippen LogP contribution in [0.25, 0.3) is 0 Å². The number of hydrogen-bond donors (Lipinski definition) is 1. The van der Waals surface area contributed by atoms with Gasteiger partial charge in [0.25, 0.3) is 0 Å². The number of nitrogens with two attached hydrogens (primary N) is 1. The Kier molecular flexibility index (Phi) is 4.30. The summed E-state index contributed by atoms with van der Waals surface area (Å²) in [5, 5.41) is 0. The first-order valence-electron chi connectivity index (χ1n) is 6.75. The molecule has 0 amide bonds. The predicted molar refractivity (Wildman–Crippen MR) is 74.2 cm³/mol. The van der Waals surface area contributed by atoms with Crippen molar-refractivity contribution >= 4 is 11.7 Å². The maximum absolute atomic E-state index is 12.2. The molecular formula is C15H21NO3. The molecule has 1 aromatic carbocycles. The van der Waals surface area contributed by atoms with E-state index in [0.717, 1.165) is 19.3 Å². The highest BCUT2D eigenvalue weighted by atomic mass is 16.5. The van der Waals surface area contributed by atoms with E-state index in [1.807, 2.05) is 0 Å². The number of anilines is 1. The third-order valence-corrected chi connectivity index (χ3v) is 3.67. The molecule has 1 aromatic rings. The van der Waals surface area contributed by atoms with Gasteiger partial charge in [-0.3, -0.25) is 0 Å². The molecule has 2 rings (SSSR count). The van der Waals surface area contributed by atoms with Crippen LogP contribution in [0.2, 0.25) is 0 Å². The highest BCUT2D eigenvalue weighted by Gasteiger charge is 2.24. The normalized spacial score (nSPS) is 22.8. The van der Waals surface area contributed by atoms with Gasteiger partial charge in [-0.2, -0.15) is 0 Å². The molecular weight excluding hydrogens is 242 g/mol. The third kappa shape index (κ3) is 3.19. The fourth-order valence-electron chi connectivity index (χ4n) is 2.60. The smallest absolute Gasteiger partial charge is 0.340 e. The summed E-state index contributed by atoms with van der Waals surface area (Å²) in [5.74, 6) is 0.774. The van der Waals surface area contributed by atoms with Gasteiger partial charge in [0.05, 0.1) is 18.4 Å². The van der Waals surface area contributed by atoms with Crippen molar-refractivity contribution in [3.05, 3.63) is 23.8 Å². The molecule has 2 N–H and O–H groups in total. The van der Waals surface area contributed by atoms with E-state index < -0.39 is 0 Å². The van der Waals surface area contributed by atoms with Crippen molar-refractivity contribution in [2.45, 2.75) is 38.7 Å². The number of carbonyl (C=O) groups excluding carboxylic acids is 1. The zero-order chi connectivity index (χ0) is 13.8. The third-order valence-electron chi connectivity index (χ3n) is 3.67. The van der Waals surface area contributed by atoms with Crippen LogP contribution in [0.3, 0.4) is 0 Å².